The molecular formula is C16H14BrN3O. The topological polar surface area (TPSA) is 51.0 Å². The van der Waals surface area contributed by atoms with Crippen LogP contribution in [0.25, 0.3) is 11.1 Å². The second-order valence-electron chi connectivity index (χ2n) is 5.31. The fraction of sp³-hybridized carbons (Fsp3) is 0.250. The molecule has 106 valence electrons. The molecule has 0 aliphatic heterocycles. The van der Waals surface area contributed by atoms with Crippen molar-refractivity contribution in [3.05, 3.63) is 52.6 Å². The van der Waals surface area contributed by atoms with Gasteiger partial charge in [-0.2, -0.15) is 0 Å². The Kier molecular flexibility index (Phi) is 3.15. The summed E-state index contributed by atoms with van der Waals surface area (Å²) in [6.07, 6.45) is 2.40. The molecule has 0 radical (unpaired) electrons. The summed E-state index contributed by atoms with van der Waals surface area (Å²) >= 11 is 3.38. The molecule has 1 aliphatic rings. The summed E-state index contributed by atoms with van der Waals surface area (Å²) < 4.78 is 6.62. The molecule has 21 heavy (non-hydrogen) atoms. The quantitative estimate of drug-likeness (QED) is 0.709. The standard InChI is InChI=1S/C16H14BrN3O/c17-15-3-1-2-12(19-15)9-18-11-6-7-14-13(8-11)20-16(21-14)10-4-5-10/h1-3,6-8,10,18H,4-5,9H2. The molecule has 1 fully saturated rings. The first kappa shape index (κ1) is 12.8. The average molecular weight is 344 g/mol. The van der Waals surface area contributed by atoms with Crippen LogP contribution in [-0.4, -0.2) is 9.97 Å². The molecule has 3 aromatic rings. The second kappa shape index (κ2) is 5.15. The lowest BCUT2D eigenvalue weighted by molar-refractivity contribution is 0.533. The molecule has 0 saturated heterocycles. The van der Waals surface area contributed by atoms with Crippen LogP contribution in [0.15, 0.2) is 45.4 Å². The molecule has 0 bridgehead atoms. The van der Waals surface area contributed by atoms with Gasteiger partial charge in [0.2, 0.25) is 0 Å². The minimum atomic E-state index is 0.541. The average Bonchev–Trinajstić information content (AvgIpc) is 3.25. The zero-order valence-corrected chi connectivity index (χ0v) is 12.9. The SMILES string of the molecule is Brc1cccc(CNc2ccc3oc(C4CC4)nc3c2)n1. The number of fused-ring (bicyclic) bond motifs is 1. The van der Waals surface area contributed by atoms with Crippen LogP contribution in [0.2, 0.25) is 0 Å². The number of benzene rings is 1. The van der Waals surface area contributed by atoms with Crippen molar-refractivity contribution in [2.45, 2.75) is 25.3 Å². The van der Waals surface area contributed by atoms with Gasteiger partial charge >= 0.3 is 0 Å². The Morgan fingerprint density at radius 1 is 1.19 bits per heavy atom. The molecule has 0 atom stereocenters. The molecule has 1 N–H and O–H groups in total. The van der Waals surface area contributed by atoms with Gasteiger partial charge in [0.05, 0.1) is 12.2 Å². The van der Waals surface area contributed by atoms with E-state index in [-0.39, 0.29) is 0 Å². The summed E-state index contributed by atoms with van der Waals surface area (Å²) in [5.41, 5.74) is 3.80. The molecule has 1 saturated carbocycles. The van der Waals surface area contributed by atoms with E-state index < -0.39 is 0 Å². The molecular weight excluding hydrogens is 330 g/mol. The monoisotopic (exact) mass is 343 g/mol. The molecule has 1 aromatic carbocycles. The highest BCUT2D eigenvalue weighted by molar-refractivity contribution is 9.10. The highest BCUT2D eigenvalue weighted by Gasteiger charge is 2.28. The lowest BCUT2D eigenvalue weighted by Crippen LogP contribution is -2.01. The highest BCUT2D eigenvalue weighted by Crippen LogP contribution is 2.40. The molecule has 4 nitrogen and oxygen atoms in total. The van der Waals surface area contributed by atoms with Gasteiger partial charge < -0.3 is 9.73 Å². The third kappa shape index (κ3) is 2.78. The van der Waals surface area contributed by atoms with E-state index in [0.29, 0.717) is 12.5 Å². The smallest absolute Gasteiger partial charge is 0.198 e. The van der Waals surface area contributed by atoms with Gasteiger partial charge in [-0.05, 0) is 59.1 Å². The maximum Gasteiger partial charge on any atom is 0.198 e. The normalized spacial score (nSPS) is 14.5. The molecule has 4 rings (SSSR count). The summed E-state index contributed by atoms with van der Waals surface area (Å²) in [5.74, 6) is 1.43. The van der Waals surface area contributed by atoms with Crippen LogP contribution < -0.4 is 5.32 Å². The number of hydrogen-bond donors (Lipinski definition) is 1. The number of hydrogen-bond acceptors (Lipinski definition) is 4. The summed E-state index contributed by atoms with van der Waals surface area (Å²) in [6.45, 7) is 0.679. The van der Waals surface area contributed by atoms with Crippen molar-refractivity contribution in [3.8, 4) is 0 Å². The van der Waals surface area contributed by atoms with E-state index in [0.717, 1.165) is 33.0 Å². The van der Waals surface area contributed by atoms with Gasteiger partial charge in [-0.3, -0.25) is 0 Å². The van der Waals surface area contributed by atoms with E-state index in [1.807, 2.05) is 36.4 Å². The minimum absolute atomic E-state index is 0.541. The van der Waals surface area contributed by atoms with Crippen LogP contribution in [0, 0.1) is 0 Å². The summed E-state index contributed by atoms with van der Waals surface area (Å²) in [5, 5.41) is 3.37. The number of rotatable bonds is 4. The Hall–Kier alpha value is -1.88. The van der Waals surface area contributed by atoms with Crippen molar-refractivity contribution >= 4 is 32.7 Å². The van der Waals surface area contributed by atoms with Crippen molar-refractivity contribution in [2.75, 3.05) is 5.32 Å². The molecule has 0 unspecified atom stereocenters. The number of pyridine rings is 1. The van der Waals surface area contributed by atoms with E-state index in [1.54, 1.807) is 0 Å². The highest BCUT2D eigenvalue weighted by atomic mass is 79.9. The first-order valence-corrected chi connectivity index (χ1v) is 7.83. The predicted octanol–water partition coefficient (Wildman–Crippen LogP) is 4.47. The van der Waals surface area contributed by atoms with E-state index in [2.05, 4.69) is 31.2 Å². The number of nitrogens with zero attached hydrogens (tertiary/aromatic N) is 2. The number of halogens is 1. The van der Waals surface area contributed by atoms with Crippen LogP contribution in [0.3, 0.4) is 0 Å². The molecule has 1 aliphatic carbocycles. The minimum Gasteiger partial charge on any atom is -0.440 e. The van der Waals surface area contributed by atoms with Gasteiger partial charge in [-0.15, -0.1) is 0 Å². The maximum absolute atomic E-state index is 5.77. The van der Waals surface area contributed by atoms with E-state index in [1.165, 1.54) is 12.8 Å². The van der Waals surface area contributed by atoms with Gasteiger partial charge in [-0.25, -0.2) is 9.97 Å². The van der Waals surface area contributed by atoms with Crippen molar-refractivity contribution in [2.24, 2.45) is 0 Å². The van der Waals surface area contributed by atoms with Crippen LogP contribution in [-0.2, 0) is 6.54 Å². The molecule has 0 spiro atoms. The van der Waals surface area contributed by atoms with Crippen LogP contribution in [0.5, 0.6) is 0 Å². The summed E-state index contributed by atoms with van der Waals surface area (Å²) in [6, 6.07) is 11.9. The van der Waals surface area contributed by atoms with Crippen molar-refractivity contribution in [3.63, 3.8) is 0 Å². The van der Waals surface area contributed by atoms with Gasteiger partial charge in [0.25, 0.3) is 0 Å². The Bertz CT molecular complexity index is 795. The Morgan fingerprint density at radius 3 is 2.90 bits per heavy atom. The Morgan fingerprint density at radius 2 is 2.10 bits per heavy atom. The third-order valence-electron chi connectivity index (χ3n) is 3.58. The second-order valence-corrected chi connectivity index (χ2v) is 6.13. The molecule has 2 heterocycles. The summed E-state index contributed by atoms with van der Waals surface area (Å²) in [4.78, 5) is 8.98. The van der Waals surface area contributed by atoms with Gasteiger partial charge in [0.1, 0.15) is 10.1 Å². The number of oxazole rings is 1. The van der Waals surface area contributed by atoms with E-state index >= 15 is 0 Å². The fourth-order valence-electron chi connectivity index (χ4n) is 2.30. The lowest BCUT2D eigenvalue weighted by atomic mass is 10.2. The van der Waals surface area contributed by atoms with E-state index in [4.69, 9.17) is 4.42 Å². The summed E-state index contributed by atoms with van der Waals surface area (Å²) in [7, 11) is 0. The fourth-order valence-corrected chi connectivity index (χ4v) is 2.68. The first-order valence-electron chi connectivity index (χ1n) is 7.04. The number of anilines is 1. The largest absolute Gasteiger partial charge is 0.440 e. The van der Waals surface area contributed by atoms with Crippen molar-refractivity contribution < 1.29 is 4.42 Å². The molecule has 0 amide bonds. The van der Waals surface area contributed by atoms with Gasteiger partial charge in [-0.1, -0.05) is 6.07 Å². The Balaban J connectivity index is 1.53. The predicted molar refractivity (Wildman–Crippen MR) is 85.2 cm³/mol. The molecule has 2 aromatic heterocycles. The zero-order valence-electron chi connectivity index (χ0n) is 11.3. The van der Waals surface area contributed by atoms with Crippen LogP contribution in [0.4, 0.5) is 5.69 Å². The van der Waals surface area contributed by atoms with Crippen LogP contribution >= 0.6 is 15.9 Å². The molecule has 5 heteroatoms. The van der Waals surface area contributed by atoms with Gasteiger partial charge in [0.15, 0.2) is 11.5 Å². The third-order valence-corrected chi connectivity index (χ3v) is 4.02. The lowest BCUT2D eigenvalue weighted by Gasteiger charge is -2.05. The zero-order chi connectivity index (χ0) is 14.2. The Labute approximate surface area is 130 Å². The number of aromatic nitrogens is 2. The van der Waals surface area contributed by atoms with Crippen LogP contribution in [0.1, 0.15) is 30.3 Å². The maximum atomic E-state index is 5.77. The number of nitrogens with one attached hydrogen (secondary N) is 1. The first-order chi connectivity index (χ1) is 10.3. The van der Waals surface area contributed by atoms with Gasteiger partial charge in [0, 0.05) is 11.6 Å². The van der Waals surface area contributed by atoms with Crippen molar-refractivity contribution in [1.82, 2.24) is 9.97 Å². The van der Waals surface area contributed by atoms with Crippen molar-refractivity contribution in [1.29, 1.82) is 0 Å². The van der Waals surface area contributed by atoms with E-state index in [9.17, 15) is 0 Å².